The van der Waals surface area contributed by atoms with Gasteiger partial charge in [0.1, 0.15) is 5.75 Å². The van der Waals surface area contributed by atoms with Crippen LogP contribution in [0.1, 0.15) is 5.56 Å². The van der Waals surface area contributed by atoms with Gasteiger partial charge in [-0.15, -0.1) is 0 Å². The van der Waals surface area contributed by atoms with E-state index in [1.165, 1.54) is 5.56 Å². The van der Waals surface area contributed by atoms with Gasteiger partial charge in [0, 0.05) is 12.0 Å². The van der Waals surface area contributed by atoms with Crippen molar-refractivity contribution in [3.63, 3.8) is 0 Å². The van der Waals surface area contributed by atoms with Crippen molar-refractivity contribution in [2.24, 2.45) is 11.1 Å². The van der Waals surface area contributed by atoms with Gasteiger partial charge >= 0.3 is 0 Å². The first-order chi connectivity index (χ1) is 7.69. The Kier molecular flexibility index (Phi) is 3.52. The molecule has 1 aliphatic rings. The Labute approximate surface area is 104 Å². The van der Waals surface area contributed by atoms with Gasteiger partial charge in [0.15, 0.2) is 0 Å². The molecule has 1 aromatic carbocycles. The lowest BCUT2D eigenvalue weighted by molar-refractivity contribution is -0.106. The molecule has 0 bridgehead atoms. The topological polar surface area (TPSA) is 44.5 Å². The zero-order valence-electron chi connectivity index (χ0n) is 9.33. The van der Waals surface area contributed by atoms with Crippen LogP contribution in [-0.4, -0.2) is 26.9 Å². The van der Waals surface area contributed by atoms with Crippen LogP contribution < -0.4 is 10.5 Å². The molecule has 2 rings (SSSR count). The first-order valence-electron chi connectivity index (χ1n) is 5.29. The molecule has 16 heavy (non-hydrogen) atoms. The Morgan fingerprint density at radius 3 is 2.69 bits per heavy atom. The quantitative estimate of drug-likeness (QED) is 0.920. The highest BCUT2D eigenvalue weighted by Crippen LogP contribution is 2.33. The Bertz CT molecular complexity index is 372. The molecule has 0 amide bonds. The molecule has 1 heterocycles. The molecule has 4 heteroatoms. The van der Waals surface area contributed by atoms with Crippen molar-refractivity contribution in [3.05, 3.63) is 28.2 Å². The van der Waals surface area contributed by atoms with Crippen molar-refractivity contribution in [3.8, 4) is 5.75 Å². The van der Waals surface area contributed by atoms with Gasteiger partial charge in [-0.3, -0.25) is 0 Å². The second-order valence-electron chi connectivity index (χ2n) is 4.34. The molecule has 0 spiro atoms. The summed E-state index contributed by atoms with van der Waals surface area (Å²) in [5.41, 5.74) is 7.21. The van der Waals surface area contributed by atoms with E-state index in [2.05, 4.69) is 28.1 Å². The summed E-state index contributed by atoms with van der Waals surface area (Å²) in [6, 6.07) is 6.15. The normalized spacial score (nSPS) is 17.9. The largest absolute Gasteiger partial charge is 0.496 e. The fraction of sp³-hybridized carbons (Fsp3) is 0.500. The van der Waals surface area contributed by atoms with Crippen molar-refractivity contribution in [2.45, 2.75) is 6.42 Å². The molecule has 1 aliphatic heterocycles. The summed E-state index contributed by atoms with van der Waals surface area (Å²) in [7, 11) is 1.67. The fourth-order valence-corrected chi connectivity index (χ4v) is 2.52. The predicted molar refractivity (Wildman–Crippen MR) is 66.7 cm³/mol. The minimum Gasteiger partial charge on any atom is -0.496 e. The highest BCUT2D eigenvalue weighted by Gasteiger charge is 2.37. The van der Waals surface area contributed by atoms with Crippen LogP contribution in [-0.2, 0) is 11.2 Å². The maximum absolute atomic E-state index is 5.79. The molecule has 1 fully saturated rings. The maximum atomic E-state index is 5.79. The van der Waals surface area contributed by atoms with Crippen molar-refractivity contribution < 1.29 is 9.47 Å². The van der Waals surface area contributed by atoms with E-state index < -0.39 is 0 Å². The third-order valence-corrected chi connectivity index (χ3v) is 3.66. The third kappa shape index (κ3) is 2.24. The average Bonchev–Trinajstić information content (AvgIpc) is 2.24. The molecule has 0 unspecified atom stereocenters. The lowest BCUT2D eigenvalue weighted by atomic mass is 9.80. The molecule has 0 atom stereocenters. The number of ether oxygens (including phenoxy) is 2. The van der Waals surface area contributed by atoms with E-state index in [0.717, 1.165) is 29.9 Å². The molecule has 3 nitrogen and oxygen atoms in total. The van der Waals surface area contributed by atoms with Gasteiger partial charge < -0.3 is 15.2 Å². The van der Waals surface area contributed by atoms with E-state index >= 15 is 0 Å². The number of methoxy groups -OCH3 is 1. The first-order valence-corrected chi connectivity index (χ1v) is 6.09. The summed E-state index contributed by atoms with van der Waals surface area (Å²) in [5.74, 6) is 0.857. The monoisotopic (exact) mass is 285 g/mol. The number of hydrogen-bond donors (Lipinski definition) is 1. The Morgan fingerprint density at radius 1 is 1.50 bits per heavy atom. The molecular formula is C12H16BrNO2. The predicted octanol–water partition coefficient (Wildman–Crippen LogP) is 1.98. The molecule has 1 saturated heterocycles. The molecule has 0 aliphatic carbocycles. The zero-order chi connectivity index (χ0) is 11.6. The van der Waals surface area contributed by atoms with E-state index in [9.17, 15) is 0 Å². The fourth-order valence-electron chi connectivity index (χ4n) is 1.94. The maximum Gasteiger partial charge on any atom is 0.133 e. The molecule has 0 radical (unpaired) electrons. The lowest BCUT2D eigenvalue weighted by Crippen LogP contribution is -2.49. The zero-order valence-corrected chi connectivity index (χ0v) is 10.9. The number of benzene rings is 1. The van der Waals surface area contributed by atoms with Gasteiger partial charge in [-0.2, -0.15) is 0 Å². The number of halogens is 1. The van der Waals surface area contributed by atoms with E-state index in [4.69, 9.17) is 15.2 Å². The summed E-state index contributed by atoms with van der Waals surface area (Å²) in [6.45, 7) is 2.22. The van der Waals surface area contributed by atoms with Crippen molar-refractivity contribution in [1.82, 2.24) is 0 Å². The molecule has 1 aromatic rings. The highest BCUT2D eigenvalue weighted by atomic mass is 79.9. The van der Waals surface area contributed by atoms with E-state index in [1.807, 2.05) is 6.07 Å². The van der Waals surface area contributed by atoms with E-state index in [1.54, 1.807) is 7.11 Å². The number of rotatable bonds is 4. The number of nitrogens with two attached hydrogens (primary N) is 1. The number of hydrogen-bond acceptors (Lipinski definition) is 3. The molecule has 0 saturated carbocycles. The van der Waals surface area contributed by atoms with Gasteiger partial charge in [0.2, 0.25) is 0 Å². The van der Waals surface area contributed by atoms with E-state index in [0.29, 0.717) is 6.54 Å². The minimum atomic E-state index is 0.147. The van der Waals surface area contributed by atoms with Crippen LogP contribution in [0.25, 0.3) is 0 Å². The van der Waals surface area contributed by atoms with Crippen LogP contribution in [0.5, 0.6) is 5.75 Å². The molecule has 0 aromatic heterocycles. The summed E-state index contributed by atoms with van der Waals surface area (Å²) < 4.78 is 11.4. The molecule has 2 N–H and O–H groups in total. The van der Waals surface area contributed by atoms with Crippen LogP contribution in [0.2, 0.25) is 0 Å². The lowest BCUT2D eigenvalue weighted by Gasteiger charge is -2.40. The van der Waals surface area contributed by atoms with Crippen LogP contribution in [0.4, 0.5) is 0 Å². The molecule has 88 valence electrons. The second-order valence-corrected chi connectivity index (χ2v) is 5.20. The SMILES string of the molecule is COc1ccc(CC2(CN)COC2)cc1Br. The van der Waals surface area contributed by atoms with Crippen LogP contribution in [0.3, 0.4) is 0 Å². The van der Waals surface area contributed by atoms with Gasteiger partial charge in [-0.1, -0.05) is 6.07 Å². The Balaban J connectivity index is 2.13. The van der Waals surface area contributed by atoms with Crippen molar-refractivity contribution in [1.29, 1.82) is 0 Å². The first kappa shape index (κ1) is 11.9. The standard InChI is InChI=1S/C12H16BrNO2/c1-15-11-3-2-9(4-10(11)13)5-12(6-14)7-16-8-12/h2-4H,5-8,14H2,1H3. The third-order valence-electron chi connectivity index (χ3n) is 3.04. The summed E-state index contributed by atoms with van der Waals surface area (Å²) >= 11 is 3.49. The van der Waals surface area contributed by atoms with Gasteiger partial charge in [0.05, 0.1) is 24.8 Å². The Hall–Kier alpha value is -0.580. The van der Waals surface area contributed by atoms with E-state index in [-0.39, 0.29) is 5.41 Å². The Morgan fingerprint density at radius 2 is 2.25 bits per heavy atom. The summed E-state index contributed by atoms with van der Waals surface area (Å²) in [4.78, 5) is 0. The smallest absolute Gasteiger partial charge is 0.133 e. The van der Waals surface area contributed by atoms with Crippen molar-refractivity contribution in [2.75, 3.05) is 26.9 Å². The summed E-state index contributed by atoms with van der Waals surface area (Å²) in [5, 5.41) is 0. The van der Waals surface area contributed by atoms with Gasteiger partial charge in [-0.25, -0.2) is 0 Å². The average molecular weight is 286 g/mol. The van der Waals surface area contributed by atoms with Gasteiger partial charge in [-0.05, 0) is 40.0 Å². The van der Waals surface area contributed by atoms with Crippen molar-refractivity contribution >= 4 is 15.9 Å². The molecular weight excluding hydrogens is 270 g/mol. The van der Waals surface area contributed by atoms with Crippen LogP contribution in [0, 0.1) is 5.41 Å². The van der Waals surface area contributed by atoms with Crippen LogP contribution >= 0.6 is 15.9 Å². The highest BCUT2D eigenvalue weighted by molar-refractivity contribution is 9.10. The van der Waals surface area contributed by atoms with Crippen LogP contribution in [0.15, 0.2) is 22.7 Å². The minimum absolute atomic E-state index is 0.147. The van der Waals surface area contributed by atoms with Gasteiger partial charge in [0.25, 0.3) is 0 Å². The second kappa shape index (κ2) is 4.73. The summed E-state index contributed by atoms with van der Waals surface area (Å²) in [6.07, 6.45) is 0.964.